The molecule has 6 nitrogen and oxygen atoms in total. The third kappa shape index (κ3) is 2.60. The summed E-state index contributed by atoms with van der Waals surface area (Å²) in [5, 5.41) is 0. The summed E-state index contributed by atoms with van der Waals surface area (Å²) in [4.78, 5) is 19.4. The molecule has 0 N–H and O–H groups in total. The number of esters is 1. The molecule has 0 unspecified atom stereocenters. The number of carbonyl (C=O) groups is 1. The maximum atomic E-state index is 11.6. The molecular weight excluding hydrogens is 224 g/mol. The number of furan rings is 1. The van der Waals surface area contributed by atoms with Gasteiger partial charge in [0.05, 0.1) is 13.4 Å². The van der Waals surface area contributed by atoms with Crippen LogP contribution in [0.15, 0.2) is 28.9 Å². The van der Waals surface area contributed by atoms with E-state index in [2.05, 4.69) is 9.97 Å². The van der Waals surface area contributed by atoms with Gasteiger partial charge >= 0.3 is 12.0 Å². The lowest BCUT2D eigenvalue weighted by molar-refractivity contribution is 0.0692. The molecule has 2 aromatic rings. The summed E-state index contributed by atoms with van der Waals surface area (Å²) in [6.07, 6.45) is 1.39. The molecule has 0 fully saturated rings. The first kappa shape index (κ1) is 11.1. The first-order valence-electron chi connectivity index (χ1n) is 4.84. The number of nitrogens with zero attached hydrogens (tertiary/aromatic N) is 2. The van der Waals surface area contributed by atoms with E-state index in [9.17, 15) is 4.79 Å². The number of hydrogen-bond donors (Lipinski definition) is 0. The van der Waals surface area contributed by atoms with Crippen molar-refractivity contribution < 1.29 is 18.7 Å². The van der Waals surface area contributed by atoms with Crippen LogP contribution >= 0.6 is 0 Å². The fourth-order valence-electron chi connectivity index (χ4n) is 1.20. The van der Waals surface area contributed by atoms with Gasteiger partial charge in [0.25, 0.3) is 0 Å². The smallest absolute Gasteiger partial charge is 0.380 e. The Hall–Kier alpha value is -2.37. The highest BCUT2D eigenvalue weighted by Gasteiger charge is 2.13. The molecule has 0 amide bonds. The van der Waals surface area contributed by atoms with Gasteiger partial charge in [-0.25, -0.2) is 9.78 Å². The van der Waals surface area contributed by atoms with Gasteiger partial charge in [-0.2, -0.15) is 4.98 Å². The van der Waals surface area contributed by atoms with E-state index in [0.717, 1.165) is 0 Å². The standard InChI is InChI=1S/C11H10N2O4/c1-7-6-9(13-11(12-7)15-2)17-10(14)8-4-3-5-16-8/h3-6H,1-2H3. The number of aromatic nitrogens is 2. The van der Waals surface area contributed by atoms with Crippen molar-refractivity contribution in [2.45, 2.75) is 6.92 Å². The van der Waals surface area contributed by atoms with Crippen LogP contribution in [0.2, 0.25) is 0 Å². The van der Waals surface area contributed by atoms with E-state index in [0.29, 0.717) is 5.69 Å². The Kier molecular flexibility index (Phi) is 3.04. The zero-order valence-corrected chi connectivity index (χ0v) is 9.34. The van der Waals surface area contributed by atoms with Crippen LogP contribution in [-0.4, -0.2) is 23.0 Å². The molecule has 0 saturated heterocycles. The fourth-order valence-corrected chi connectivity index (χ4v) is 1.20. The van der Waals surface area contributed by atoms with Crippen LogP contribution in [0.3, 0.4) is 0 Å². The summed E-state index contributed by atoms with van der Waals surface area (Å²) < 4.78 is 14.8. The van der Waals surface area contributed by atoms with Crippen LogP contribution < -0.4 is 9.47 Å². The molecule has 2 heterocycles. The lowest BCUT2D eigenvalue weighted by Gasteiger charge is -2.04. The highest BCUT2D eigenvalue weighted by atomic mass is 16.6. The number of carbonyl (C=O) groups excluding carboxylic acids is 1. The second-order valence-corrected chi connectivity index (χ2v) is 3.20. The van der Waals surface area contributed by atoms with E-state index in [-0.39, 0.29) is 17.7 Å². The molecule has 0 radical (unpaired) electrons. The first-order valence-corrected chi connectivity index (χ1v) is 4.84. The van der Waals surface area contributed by atoms with Gasteiger partial charge in [-0.3, -0.25) is 0 Å². The molecule has 0 atom stereocenters. The van der Waals surface area contributed by atoms with Crippen LogP contribution in [0.5, 0.6) is 11.9 Å². The molecule has 0 saturated carbocycles. The Bertz CT molecular complexity index is 522. The molecule has 2 aromatic heterocycles. The van der Waals surface area contributed by atoms with Gasteiger partial charge in [-0.1, -0.05) is 0 Å². The van der Waals surface area contributed by atoms with Crippen LogP contribution in [-0.2, 0) is 0 Å². The van der Waals surface area contributed by atoms with Gasteiger partial charge in [-0.15, -0.1) is 0 Å². The second-order valence-electron chi connectivity index (χ2n) is 3.20. The average Bonchev–Trinajstić information content (AvgIpc) is 2.81. The molecule has 0 aromatic carbocycles. The van der Waals surface area contributed by atoms with Crippen molar-refractivity contribution in [2.75, 3.05) is 7.11 Å². The van der Waals surface area contributed by atoms with Gasteiger partial charge in [0, 0.05) is 11.8 Å². The van der Waals surface area contributed by atoms with E-state index >= 15 is 0 Å². The van der Waals surface area contributed by atoms with E-state index in [1.165, 1.54) is 25.5 Å². The quantitative estimate of drug-likeness (QED) is 0.751. The topological polar surface area (TPSA) is 74.5 Å². The summed E-state index contributed by atoms with van der Waals surface area (Å²) in [5.41, 5.74) is 0.638. The van der Waals surface area contributed by atoms with Crippen LogP contribution in [0.1, 0.15) is 16.2 Å². The number of aryl methyl sites for hydroxylation is 1. The van der Waals surface area contributed by atoms with Gasteiger partial charge in [-0.05, 0) is 19.1 Å². The zero-order chi connectivity index (χ0) is 12.3. The highest BCUT2D eigenvalue weighted by molar-refractivity contribution is 5.87. The minimum atomic E-state index is -0.616. The molecule has 88 valence electrons. The molecule has 0 aliphatic carbocycles. The Morgan fingerprint density at radius 2 is 2.24 bits per heavy atom. The summed E-state index contributed by atoms with van der Waals surface area (Å²) in [5.74, 6) is -0.383. The number of rotatable bonds is 3. The zero-order valence-electron chi connectivity index (χ0n) is 9.34. The molecule has 17 heavy (non-hydrogen) atoms. The van der Waals surface area contributed by atoms with E-state index in [1.807, 2.05) is 0 Å². The minimum Gasteiger partial charge on any atom is -0.467 e. The summed E-state index contributed by atoms with van der Waals surface area (Å²) >= 11 is 0. The van der Waals surface area contributed by atoms with Crippen molar-refractivity contribution in [3.8, 4) is 11.9 Å². The number of ether oxygens (including phenoxy) is 2. The van der Waals surface area contributed by atoms with Gasteiger partial charge in [0.1, 0.15) is 0 Å². The lowest BCUT2D eigenvalue weighted by Crippen LogP contribution is -2.09. The van der Waals surface area contributed by atoms with Crippen molar-refractivity contribution in [3.05, 3.63) is 35.9 Å². The van der Waals surface area contributed by atoms with Crippen LogP contribution in [0.25, 0.3) is 0 Å². The van der Waals surface area contributed by atoms with E-state index in [1.54, 1.807) is 13.0 Å². The molecule has 0 aliphatic heterocycles. The SMILES string of the molecule is COc1nc(C)cc(OC(=O)c2ccco2)n1. The summed E-state index contributed by atoms with van der Waals surface area (Å²) in [7, 11) is 1.44. The van der Waals surface area contributed by atoms with E-state index in [4.69, 9.17) is 13.9 Å². The van der Waals surface area contributed by atoms with Crippen molar-refractivity contribution >= 4 is 5.97 Å². The van der Waals surface area contributed by atoms with Crippen LogP contribution in [0, 0.1) is 6.92 Å². The third-order valence-electron chi connectivity index (χ3n) is 1.91. The molecule has 2 rings (SSSR count). The maximum Gasteiger partial charge on any atom is 0.380 e. The predicted molar refractivity (Wildman–Crippen MR) is 57.0 cm³/mol. The van der Waals surface area contributed by atoms with Crippen molar-refractivity contribution in [3.63, 3.8) is 0 Å². The number of methoxy groups -OCH3 is 1. The minimum absolute atomic E-state index is 0.111. The van der Waals surface area contributed by atoms with Crippen molar-refractivity contribution in [1.29, 1.82) is 0 Å². The van der Waals surface area contributed by atoms with Crippen molar-refractivity contribution in [1.82, 2.24) is 9.97 Å². The monoisotopic (exact) mass is 234 g/mol. The van der Waals surface area contributed by atoms with Crippen molar-refractivity contribution in [2.24, 2.45) is 0 Å². The second kappa shape index (κ2) is 4.65. The third-order valence-corrected chi connectivity index (χ3v) is 1.91. The first-order chi connectivity index (χ1) is 8.19. The molecule has 0 bridgehead atoms. The maximum absolute atomic E-state index is 11.6. The Morgan fingerprint density at radius 1 is 1.41 bits per heavy atom. The predicted octanol–water partition coefficient (Wildman–Crippen LogP) is 1.61. The fraction of sp³-hybridized carbons (Fsp3) is 0.182. The van der Waals surface area contributed by atoms with Gasteiger partial charge in [0.2, 0.25) is 11.6 Å². The van der Waals surface area contributed by atoms with Crippen LogP contribution in [0.4, 0.5) is 0 Å². The molecular formula is C11H10N2O4. The summed E-state index contributed by atoms with van der Waals surface area (Å²) in [6.45, 7) is 1.74. The molecule has 0 spiro atoms. The number of hydrogen-bond acceptors (Lipinski definition) is 6. The highest BCUT2D eigenvalue weighted by Crippen LogP contribution is 2.15. The average molecular weight is 234 g/mol. The molecule has 0 aliphatic rings. The Labute approximate surface area is 97.2 Å². The normalized spacial score (nSPS) is 10.0. The molecule has 6 heteroatoms. The Balaban J connectivity index is 2.18. The van der Waals surface area contributed by atoms with E-state index < -0.39 is 5.97 Å². The van der Waals surface area contributed by atoms with Gasteiger partial charge < -0.3 is 13.9 Å². The largest absolute Gasteiger partial charge is 0.467 e. The van der Waals surface area contributed by atoms with Gasteiger partial charge in [0.15, 0.2) is 0 Å². The summed E-state index contributed by atoms with van der Waals surface area (Å²) in [6, 6.07) is 4.78. The lowest BCUT2D eigenvalue weighted by atomic mass is 10.4. The Morgan fingerprint density at radius 3 is 2.88 bits per heavy atom.